The molecule has 2 rings (SSSR count). The molecule has 1 unspecified atom stereocenters. The predicted molar refractivity (Wildman–Crippen MR) is 56.8 cm³/mol. The van der Waals surface area contributed by atoms with Gasteiger partial charge in [-0.05, 0) is 12.1 Å². The molecule has 1 aromatic heterocycles. The van der Waals surface area contributed by atoms with Gasteiger partial charge in [0, 0.05) is 13.1 Å². The minimum atomic E-state index is -4.91. The first-order valence-corrected chi connectivity index (χ1v) is 5.67. The van der Waals surface area contributed by atoms with Gasteiger partial charge in [-0.2, -0.15) is 18.2 Å². The van der Waals surface area contributed by atoms with Gasteiger partial charge in [0.1, 0.15) is 5.92 Å². The van der Waals surface area contributed by atoms with Crippen molar-refractivity contribution in [2.24, 2.45) is 0 Å². The van der Waals surface area contributed by atoms with E-state index in [-0.39, 0.29) is 11.8 Å². The molecule has 1 aliphatic heterocycles. The summed E-state index contributed by atoms with van der Waals surface area (Å²) in [5.41, 5.74) is 0. The van der Waals surface area contributed by atoms with Crippen LogP contribution >= 0.6 is 0 Å². The molecule has 0 amide bonds. The van der Waals surface area contributed by atoms with E-state index in [2.05, 4.69) is 10.1 Å². The third-order valence-electron chi connectivity index (χ3n) is 2.77. The van der Waals surface area contributed by atoms with Gasteiger partial charge in [0.25, 0.3) is 5.95 Å². The lowest BCUT2D eigenvalue weighted by Gasteiger charge is -2.24. The number of morpholine rings is 1. The van der Waals surface area contributed by atoms with Crippen molar-refractivity contribution in [3.63, 3.8) is 0 Å². The normalized spacial score (nSPS) is 18.4. The van der Waals surface area contributed by atoms with Gasteiger partial charge in [-0.25, -0.2) is 0 Å². The van der Waals surface area contributed by atoms with Gasteiger partial charge in [-0.1, -0.05) is 0 Å². The summed E-state index contributed by atoms with van der Waals surface area (Å²) in [4.78, 5) is 16.6. The fourth-order valence-corrected chi connectivity index (χ4v) is 1.65. The number of alkyl halides is 3. The van der Waals surface area contributed by atoms with E-state index in [9.17, 15) is 18.0 Å². The Hall–Kier alpha value is -1.64. The maximum absolute atomic E-state index is 12.3. The topological polar surface area (TPSA) is 68.5 Å². The number of aromatic nitrogens is 2. The Morgan fingerprint density at radius 1 is 1.37 bits per heavy atom. The number of Topliss-reactive ketones (excluding diaryl/α,β-unsaturated/α-hetero) is 1. The van der Waals surface area contributed by atoms with Crippen molar-refractivity contribution in [2.75, 3.05) is 31.2 Å². The van der Waals surface area contributed by atoms with Crippen molar-refractivity contribution in [2.45, 2.75) is 19.0 Å². The molecule has 9 heteroatoms. The molecule has 0 N–H and O–H groups in total. The number of rotatable bonds is 3. The fraction of sp³-hybridized carbons (Fsp3) is 0.700. The molecule has 1 aromatic rings. The standard InChI is InChI=1S/C10H12F3N3O3/c1-6(7(17)10(11,12)13)8-14-9(15-19-8)16-2-4-18-5-3-16/h6H,2-5H2,1H3. The molecule has 1 atom stereocenters. The molecule has 19 heavy (non-hydrogen) atoms. The predicted octanol–water partition coefficient (Wildman–Crippen LogP) is 1.14. The Morgan fingerprint density at radius 2 is 2.00 bits per heavy atom. The lowest BCUT2D eigenvalue weighted by atomic mass is 10.1. The minimum absolute atomic E-state index is 0.181. The summed E-state index contributed by atoms with van der Waals surface area (Å²) in [5, 5.41) is 3.59. The van der Waals surface area contributed by atoms with Crippen LogP contribution in [-0.4, -0.2) is 48.4 Å². The van der Waals surface area contributed by atoms with Gasteiger partial charge in [0.05, 0.1) is 13.2 Å². The summed E-state index contributed by atoms with van der Waals surface area (Å²) < 4.78 is 46.7. The van der Waals surface area contributed by atoms with Crippen LogP contribution in [0.3, 0.4) is 0 Å². The molecular formula is C10H12F3N3O3. The first kappa shape index (κ1) is 13.8. The third-order valence-corrected chi connectivity index (χ3v) is 2.77. The zero-order valence-corrected chi connectivity index (χ0v) is 10.1. The Morgan fingerprint density at radius 3 is 2.58 bits per heavy atom. The van der Waals surface area contributed by atoms with Crippen LogP contribution in [-0.2, 0) is 9.53 Å². The summed E-state index contributed by atoms with van der Waals surface area (Å²) in [6.45, 7) is 3.12. The number of hydrogen-bond acceptors (Lipinski definition) is 6. The van der Waals surface area contributed by atoms with Crippen molar-refractivity contribution in [3.8, 4) is 0 Å². The number of anilines is 1. The lowest BCUT2D eigenvalue weighted by Crippen LogP contribution is -2.37. The summed E-state index contributed by atoms with van der Waals surface area (Å²) >= 11 is 0. The number of halogens is 3. The van der Waals surface area contributed by atoms with Crippen LogP contribution in [0.5, 0.6) is 0 Å². The van der Waals surface area contributed by atoms with Crippen LogP contribution in [0.1, 0.15) is 18.7 Å². The highest BCUT2D eigenvalue weighted by Gasteiger charge is 2.44. The van der Waals surface area contributed by atoms with Crippen LogP contribution in [0.2, 0.25) is 0 Å². The highest BCUT2D eigenvalue weighted by Crippen LogP contribution is 2.27. The van der Waals surface area contributed by atoms with Gasteiger partial charge in [-0.3, -0.25) is 4.79 Å². The molecule has 0 saturated carbocycles. The number of ether oxygens (including phenoxy) is 1. The van der Waals surface area contributed by atoms with Crippen molar-refractivity contribution < 1.29 is 27.2 Å². The number of carbonyl (C=O) groups excluding carboxylic acids is 1. The number of hydrogen-bond donors (Lipinski definition) is 0. The monoisotopic (exact) mass is 279 g/mol. The van der Waals surface area contributed by atoms with E-state index in [4.69, 9.17) is 9.26 Å². The SMILES string of the molecule is CC(C(=O)C(F)(F)F)c1nc(N2CCOCC2)no1. The molecule has 0 radical (unpaired) electrons. The highest BCUT2D eigenvalue weighted by atomic mass is 19.4. The van der Waals surface area contributed by atoms with Crippen LogP contribution in [0.4, 0.5) is 19.1 Å². The zero-order valence-electron chi connectivity index (χ0n) is 10.1. The molecule has 0 bridgehead atoms. The van der Waals surface area contributed by atoms with E-state index in [0.717, 1.165) is 6.92 Å². The average Bonchev–Trinajstić information content (AvgIpc) is 2.86. The maximum atomic E-state index is 12.3. The highest BCUT2D eigenvalue weighted by molar-refractivity contribution is 5.89. The lowest BCUT2D eigenvalue weighted by molar-refractivity contribution is -0.172. The van der Waals surface area contributed by atoms with E-state index >= 15 is 0 Å². The van der Waals surface area contributed by atoms with E-state index in [1.807, 2.05) is 0 Å². The zero-order chi connectivity index (χ0) is 14.0. The van der Waals surface area contributed by atoms with Gasteiger partial charge in [0.15, 0.2) is 0 Å². The van der Waals surface area contributed by atoms with E-state index in [1.54, 1.807) is 4.90 Å². The smallest absolute Gasteiger partial charge is 0.378 e. The Bertz CT molecular complexity index is 454. The summed E-state index contributed by atoms with van der Waals surface area (Å²) in [6, 6.07) is 0. The van der Waals surface area contributed by atoms with E-state index < -0.39 is 17.9 Å². The van der Waals surface area contributed by atoms with Gasteiger partial charge in [-0.15, -0.1) is 0 Å². The molecule has 2 heterocycles. The quantitative estimate of drug-likeness (QED) is 0.826. The molecular weight excluding hydrogens is 267 g/mol. The number of nitrogens with zero attached hydrogens (tertiary/aromatic N) is 3. The Balaban J connectivity index is 2.10. The number of ketones is 1. The second-order valence-electron chi connectivity index (χ2n) is 4.12. The first-order valence-electron chi connectivity index (χ1n) is 5.67. The van der Waals surface area contributed by atoms with Crippen molar-refractivity contribution in [1.29, 1.82) is 0 Å². The van der Waals surface area contributed by atoms with Gasteiger partial charge < -0.3 is 14.2 Å². The van der Waals surface area contributed by atoms with Crippen LogP contribution in [0.15, 0.2) is 4.52 Å². The van der Waals surface area contributed by atoms with E-state index in [0.29, 0.717) is 26.3 Å². The van der Waals surface area contributed by atoms with Crippen molar-refractivity contribution in [3.05, 3.63) is 5.89 Å². The second kappa shape index (κ2) is 5.16. The molecule has 0 spiro atoms. The maximum Gasteiger partial charge on any atom is 0.450 e. The molecule has 0 aliphatic carbocycles. The Labute approximate surface area is 106 Å². The molecule has 1 aliphatic rings. The van der Waals surface area contributed by atoms with Crippen LogP contribution in [0, 0.1) is 0 Å². The minimum Gasteiger partial charge on any atom is -0.378 e. The van der Waals surface area contributed by atoms with Crippen molar-refractivity contribution >= 4 is 11.7 Å². The average molecular weight is 279 g/mol. The van der Waals surface area contributed by atoms with Crippen LogP contribution in [0.25, 0.3) is 0 Å². The van der Waals surface area contributed by atoms with Gasteiger partial charge >= 0.3 is 6.18 Å². The van der Waals surface area contributed by atoms with Crippen LogP contribution < -0.4 is 4.90 Å². The van der Waals surface area contributed by atoms with E-state index in [1.165, 1.54) is 0 Å². The summed E-state index contributed by atoms with van der Waals surface area (Å²) in [6.07, 6.45) is -4.91. The molecule has 1 saturated heterocycles. The molecule has 106 valence electrons. The largest absolute Gasteiger partial charge is 0.450 e. The van der Waals surface area contributed by atoms with Gasteiger partial charge in [0.2, 0.25) is 11.7 Å². The first-order chi connectivity index (χ1) is 8.89. The molecule has 6 nitrogen and oxygen atoms in total. The fourth-order valence-electron chi connectivity index (χ4n) is 1.65. The molecule has 1 fully saturated rings. The molecule has 0 aromatic carbocycles. The van der Waals surface area contributed by atoms with Crippen molar-refractivity contribution in [1.82, 2.24) is 10.1 Å². The summed E-state index contributed by atoms with van der Waals surface area (Å²) in [5.74, 6) is -3.55. The Kier molecular flexibility index (Phi) is 3.74. The summed E-state index contributed by atoms with van der Waals surface area (Å²) in [7, 11) is 0. The third kappa shape index (κ3) is 3.03. The second-order valence-corrected chi connectivity index (χ2v) is 4.12. The number of carbonyl (C=O) groups is 1.